The number of piperidine rings is 1. The Kier molecular flexibility index (Phi) is 6.76. The molecule has 1 atom stereocenters. The summed E-state index contributed by atoms with van der Waals surface area (Å²) >= 11 is 1.52. The largest absolute Gasteiger partial charge is 0.508 e. The molecule has 2 N–H and O–H groups in total. The zero-order chi connectivity index (χ0) is 24.4. The van der Waals surface area contributed by atoms with Crippen LogP contribution in [0.2, 0.25) is 0 Å². The van der Waals surface area contributed by atoms with Gasteiger partial charge in [-0.2, -0.15) is 0 Å². The zero-order valence-corrected chi connectivity index (χ0v) is 20.8. The van der Waals surface area contributed by atoms with Crippen molar-refractivity contribution in [2.75, 3.05) is 26.2 Å². The maximum atomic E-state index is 13.9. The molecule has 2 heterocycles. The number of hydrogen-bond donors (Lipinski definition) is 2. The zero-order valence-electron chi connectivity index (χ0n) is 20.0. The summed E-state index contributed by atoms with van der Waals surface area (Å²) < 4.78 is 5.95. The van der Waals surface area contributed by atoms with Gasteiger partial charge in [0.2, 0.25) is 0 Å². The van der Waals surface area contributed by atoms with Crippen LogP contribution >= 0.6 is 11.8 Å². The van der Waals surface area contributed by atoms with E-state index in [-0.39, 0.29) is 17.3 Å². The molecule has 5 rings (SSSR count). The Hall–Kier alpha value is -2.96. The molecule has 1 saturated heterocycles. The SMILES string of the molecule is CC12CC=C(O)C=C1SC(c1ccc(O)cc1)=C2C(=O)c1ccc(OCCN2CCCCC2)cc1. The van der Waals surface area contributed by atoms with Crippen molar-refractivity contribution in [3.05, 3.63) is 88.0 Å². The number of hydrogen-bond acceptors (Lipinski definition) is 6. The van der Waals surface area contributed by atoms with Gasteiger partial charge in [0, 0.05) is 32.9 Å². The fourth-order valence-corrected chi connectivity index (χ4v) is 6.52. The van der Waals surface area contributed by atoms with Crippen molar-refractivity contribution in [1.82, 2.24) is 4.90 Å². The normalized spacial score (nSPS) is 22.4. The quantitative estimate of drug-likeness (QED) is 0.443. The van der Waals surface area contributed by atoms with E-state index < -0.39 is 5.41 Å². The molecule has 1 unspecified atom stereocenters. The summed E-state index contributed by atoms with van der Waals surface area (Å²) in [5, 5.41) is 19.9. The number of aromatic hydroxyl groups is 1. The fourth-order valence-electron chi connectivity index (χ4n) is 5.03. The molecular weight excluding hydrogens is 458 g/mol. The molecule has 35 heavy (non-hydrogen) atoms. The van der Waals surface area contributed by atoms with Crippen molar-refractivity contribution >= 4 is 22.5 Å². The Morgan fingerprint density at radius 3 is 2.46 bits per heavy atom. The topological polar surface area (TPSA) is 70.0 Å². The third-order valence-corrected chi connectivity index (χ3v) is 8.56. The highest BCUT2D eigenvalue weighted by molar-refractivity contribution is 8.12. The van der Waals surface area contributed by atoms with Gasteiger partial charge in [-0.25, -0.2) is 0 Å². The van der Waals surface area contributed by atoms with E-state index in [9.17, 15) is 15.0 Å². The van der Waals surface area contributed by atoms with Gasteiger partial charge >= 0.3 is 0 Å². The fraction of sp³-hybridized carbons (Fsp3) is 0.345. The number of phenols is 1. The summed E-state index contributed by atoms with van der Waals surface area (Å²) in [6.45, 7) is 5.93. The number of likely N-dealkylation sites (tertiary alicyclic amines) is 1. The molecule has 0 radical (unpaired) electrons. The van der Waals surface area contributed by atoms with E-state index in [4.69, 9.17) is 4.74 Å². The highest BCUT2D eigenvalue weighted by atomic mass is 32.2. The van der Waals surface area contributed by atoms with Crippen LogP contribution in [0.1, 0.15) is 48.5 Å². The molecular formula is C29H31NO4S. The highest BCUT2D eigenvalue weighted by Crippen LogP contribution is 2.61. The van der Waals surface area contributed by atoms with E-state index in [1.807, 2.05) is 36.4 Å². The Labute approximate surface area is 210 Å². The lowest BCUT2D eigenvalue weighted by atomic mass is 9.73. The minimum atomic E-state index is -0.509. The van der Waals surface area contributed by atoms with Crippen LogP contribution in [0.5, 0.6) is 11.5 Å². The van der Waals surface area contributed by atoms with E-state index in [1.54, 1.807) is 24.3 Å². The monoisotopic (exact) mass is 489 g/mol. The van der Waals surface area contributed by atoms with Crippen molar-refractivity contribution in [1.29, 1.82) is 0 Å². The summed E-state index contributed by atoms with van der Waals surface area (Å²) in [4.78, 5) is 18.2. The molecule has 1 aliphatic carbocycles. The van der Waals surface area contributed by atoms with Crippen LogP contribution in [0, 0.1) is 5.41 Å². The molecule has 0 bridgehead atoms. The van der Waals surface area contributed by atoms with Crippen molar-refractivity contribution < 1.29 is 19.7 Å². The molecule has 3 aliphatic rings. The van der Waals surface area contributed by atoms with E-state index in [0.717, 1.165) is 46.3 Å². The number of nitrogens with zero attached hydrogens (tertiary/aromatic N) is 1. The van der Waals surface area contributed by atoms with Crippen molar-refractivity contribution in [2.45, 2.75) is 32.6 Å². The highest BCUT2D eigenvalue weighted by Gasteiger charge is 2.46. The average molecular weight is 490 g/mol. The maximum Gasteiger partial charge on any atom is 0.191 e. The van der Waals surface area contributed by atoms with Gasteiger partial charge in [-0.3, -0.25) is 9.69 Å². The Morgan fingerprint density at radius 2 is 1.74 bits per heavy atom. The van der Waals surface area contributed by atoms with Gasteiger partial charge in [-0.1, -0.05) is 37.2 Å². The number of Topliss-reactive ketones (excluding diaryl/α,β-unsaturated/α-hetero) is 1. The number of phenolic OH excluding ortho intramolecular Hbond substituents is 1. The van der Waals surface area contributed by atoms with Crippen molar-refractivity contribution in [3.63, 3.8) is 0 Å². The number of thioether (sulfide) groups is 1. The van der Waals surface area contributed by atoms with Crippen molar-refractivity contribution in [3.8, 4) is 11.5 Å². The van der Waals surface area contributed by atoms with Gasteiger partial charge in [0.05, 0.1) is 0 Å². The second kappa shape index (κ2) is 9.96. The second-order valence-electron chi connectivity index (χ2n) is 9.63. The number of allylic oxidation sites excluding steroid dienone is 4. The minimum absolute atomic E-state index is 0.0267. The van der Waals surface area contributed by atoms with Gasteiger partial charge in [-0.05, 0) is 86.5 Å². The summed E-state index contributed by atoms with van der Waals surface area (Å²) in [6.07, 6.45) is 7.94. The molecule has 0 amide bonds. The Balaban J connectivity index is 1.38. The third-order valence-electron chi connectivity index (χ3n) is 7.13. The van der Waals surface area contributed by atoms with Crippen LogP contribution in [-0.2, 0) is 0 Å². The summed E-state index contributed by atoms with van der Waals surface area (Å²) in [5.41, 5.74) is 1.71. The molecule has 6 heteroatoms. The number of aliphatic hydroxyl groups is 1. The van der Waals surface area contributed by atoms with Gasteiger partial charge in [-0.15, -0.1) is 0 Å². The number of carbonyl (C=O) groups is 1. The first-order valence-electron chi connectivity index (χ1n) is 12.3. The van der Waals surface area contributed by atoms with Gasteiger partial charge in [0.25, 0.3) is 0 Å². The number of benzene rings is 2. The van der Waals surface area contributed by atoms with E-state index in [1.165, 1.54) is 31.0 Å². The number of ketones is 1. The first kappa shape index (κ1) is 23.8. The molecule has 2 aromatic carbocycles. The van der Waals surface area contributed by atoms with Crippen molar-refractivity contribution in [2.24, 2.45) is 5.41 Å². The number of fused-ring (bicyclic) bond motifs is 1. The lowest BCUT2D eigenvalue weighted by molar-refractivity contribution is 0.101. The summed E-state index contributed by atoms with van der Waals surface area (Å²) in [6, 6.07) is 14.4. The molecule has 2 aliphatic heterocycles. The lowest BCUT2D eigenvalue weighted by Crippen LogP contribution is -2.33. The standard InChI is InChI=1S/C29H31NO4S/c1-29-14-13-23(32)19-25(29)35-28(21-5-9-22(31)10-6-21)26(29)27(33)20-7-11-24(12-8-20)34-18-17-30-15-3-2-4-16-30/h5-13,19,31-32H,2-4,14-18H2,1H3. The molecule has 182 valence electrons. The van der Waals surface area contributed by atoms with Gasteiger partial charge in [0.1, 0.15) is 23.9 Å². The summed E-state index contributed by atoms with van der Waals surface area (Å²) in [5.74, 6) is 1.16. The first-order chi connectivity index (χ1) is 16.9. The molecule has 1 fully saturated rings. The lowest BCUT2D eigenvalue weighted by Gasteiger charge is -2.30. The minimum Gasteiger partial charge on any atom is -0.508 e. The number of carbonyl (C=O) groups excluding carboxylic acids is 1. The third kappa shape index (κ3) is 4.91. The van der Waals surface area contributed by atoms with Crippen LogP contribution in [-0.4, -0.2) is 47.1 Å². The Morgan fingerprint density at radius 1 is 1.03 bits per heavy atom. The smallest absolute Gasteiger partial charge is 0.191 e. The predicted molar refractivity (Wildman–Crippen MR) is 141 cm³/mol. The average Bonchev–Trinajstić information content (AvgIpc) is 3.17. The van der Waals surface area contributed by atoms with Crippen LogP contribution in [0.25, 0.3) is 4.91 Å². The number of ether oxygens (including phenoxy) is 1. The molecule has 5 nitrogen and oxygen atoms in total. The van der Waals surface area contributed by atoms with E-state index in [0.29, 0.717) is 18.6 Å². The van der Waals surface area contributed by atoms with Crippen LogP contribution in [0.3, 0.4) is 0 Å². The summed E-state index contributed by atoms with van der Waals surface area (Å²) in [7, 11) is 0. The molecule has 0 aromatic heterocycles. The number of aliphatic hydroxyl groups excluding tert-OH is 1. The maximum absolute atomic E-state index is 13.9. The second-order valence-corrected chi connectivity index (χ2v) is 10.7. The van der Waals surface area contributed by atoms with E-state index in [2.05, 4.69) is 11.8 Å². The molecule has 2 aromatic rings. The van der Waals surface area contributed by atoms with E-state index >= 15 is 0 Å². The number of rotatable bonds is 7. The van der Waals surface area contributed by atoms with Gasteiger partial charge in [0.15, 0.2) is 5.78 Å². The first-order valence-corrected chi connectivity index (χ1v) is 13.1. The van der Waals surface area contributed by atoms with Crippen LogP contribution in [0.4, 0.5) is 0 Å². The Bertz CT molecular complexity index is 1190. The van der Waals surface area contributed by atoms with Crippen LogP contribution in [0.15, 0.2) is 76.9 Å². The molecule has 0 saturated carbocycles. The molecule has 0 spiro atoms. The predicted octanol–water partition coefficient (Wildman–Crippen LogP) is 6.33. The van der Waals surface area contributed by atoms with Gasteiger partial charge < -0.3 is 14.9 Å². The van der Waals surface area contributed by atoms with Crippen LogP contribution < -0.4 is 4.74 Å².